The summed E-state index contributed by atoms with van der Waals surface area (Å²) >= 11 is 0. The summed E-state index contributed by atoms with van der Waals surface area (Å²) < 4.78 is 5.48. The summed E-state index contributed by atoms with van der Waals surface area (Å²) in [5, 5.41) is 2.92. The number of nitrogens with two attached hydrogens (primary N) is 1. The number of rotatable bonds is 11. The SMILES string of the molecule is CC(C)C(CCN)CCC(=O)NCCOCC1CC1. The average Bonchev–Trinajstić information content (AvgIpc) is 3.17. The Kier molecular flexibility index (Phi) is 8.07. The molecule has 0 aliphatic heterocycles. The predicted molar refractivity (Wildman–Crippen MR) is 77.8 cm³/mol. The second-order valence-corrected chi connectivity index (χ2v) is 5.99. The van der Waals surface area contributed by atoms with E-state index in [9.17, 15) is 4.79 Å². The molecule has 3 N–H and O–H groups in total. The van der Waals surface area contributed by atoms with Crippen LogP contribution in [-0.2, 0) is 9.53 Å². The van der Waals surface area contributed by atoms with Gasteiger partial charge in [0.2, 0.25) is 5.91 Å². The van der Waals surface area contributed by atoms with Gasteiger partial charge in [-0.25, -0.2) is 0 Å². The van der Waals surface area contributed by atoms with E-state index in [1.54, 1.807) is 0 Å². The second-order valence-electron chi connectivity index (χ2n) is 5.99. The molecule has 0 heterocycles. The minimum atomic E-state index is 0.137. The first kappa shape index (κ1) is 16.4. The molecule has 0 spiro atoms. The van der Waals surface area contributed by atoms with Crippen molar-refractivity contribution in [3.63, 3.8) is 0 Å². The van der Waals surface area contributed by atoms with Gasteiger partial charge in [-0.2, -0.15) is 0 Å². The van der Waals surface area contributed by atoms with Crippen molar-refractivity contribution in [3.8, 4) is 0 Å². The van der Waals surface area contributed by atoms with Gasteiger partial charge in [0, 0.05) is 19.6 Å². The molecule has 1 unspecified atom stereocenters. The van der Waals surface area contributed by atoms with Crippen molar-refractivity contribution in [1.29, 1.82) is 0 Å². The first-order valence-corrected chi connectivity index (χ1v) is 7.68. The molecule has 1 amide bonds. The summed E-state index contributed by atoms with van der Waals surface area (Å²) in [5.41, 5.74) is 5.60. The maximum Gasteiger partial charge on any atom is 0.220 e. The van der Waals surface area contributed by atoms with Gasteiger partial charge in [0.1, 0.15) is 0 Å². The quantitative estimate of drug-likeness (QED) is 0.564. The molecule has 0 radical (unpaired) electrons. The third kappa shape index (κ3) is 8.22. The van der Waals surface area contributed by atoms with Crippen LogP contribution in [0.2, 0.25) is 0 Å². The Balaban J connectivity index is 1.98. The molecule has 1 aliphatic carbocycles. The summed E-state index contributed by atoms with van der Waals surface area (Å²) in [7, 11) is 0. The van der Waals surface area contributed by atoms with Crippen LogP contribution in [0.5, 0.6) is 0 Å². The summed E-state index contributed by atoms with van der Waals surface area (Å²) in [6.45, 7) is 7.24. The third-order valence-corrected chi connectivity index (χ3v) is 3.84. The molecular weight excluding hydrogens is 240 g/mol. The fourth-order valence-electron chi connectivity index (χ4n) is 2.23. The Labute approximate surface area is 117 Å². The number of carbonyl (C=O) groups is 1. The van der Waals surface area contributed by atoms with E-state index in [1.165, 1.54) is 12.8 Å². The second kappa shape index (κ2) is 9.32. The van der Waals surface area contributed by atoms with Crippen LogP contribution in [0.4, 0.5) is 0 Å². The standard InChI is InChI=1S/C15H30N2O2/c1-12(2)14(7-8-16)5-6-15(18)17-9-10-19-11-13-3-4-13/h12-14H,3-11,16H2,1-2H3,(H,17,18). The molecule has 1 aliphatic rings. The molecule has 1 rings (SSSR count). The van der Waals surface area contributed by atoms with Crippen molar-refractivity contribution in [2.45, 2.75) is 46.0 Å². The lowest BCUT2D eigenvalue weighted by Crippen LogP contribution is -2.28. The number of amides is 1. The Morgan fingerprint density at radius 3 is 2.68 bits per heavy atom. The molecule has 4 nitrogen and oxygen atoms in total. The van der Waals surface area contributed by atoms with E-state index in [-0.39, 0.29) is 5.91 Å². The molecule has 0 aromatic rings. The fraction of sp³-hybridized carbons (Fsp3) is 0.933. The molecular formula is C15H30N2O2. The van der Waals surface area contributed by atoms with Crippen LogP contribution in [0.25, 0.3) is 0 Å². The summed E-state index contributed by atoms with van der Waals surface area (Å²) in [4.78, 5) is 11.7. The lowest BCUT2D eigenvalue weighted by atomic mass is 9.88. The Morgan fingerprint density at radius 2 is 2.11 bits per heavy atom. The fourth-order valence-corrected chi connectivity index (χ4v) is 2.23. The lowest BCUT2D eigenvalue weighted by molar-refractivity contribution is -0.121. The monoisotopic (exact) mass is 270 g/mol. The van der Waals surface area contributed by atoms with Crippen LogP contribution in [0.1, 0.15) is 46.0 Å². The summed E-state index contributed by atoms with van der Waals surface area (Å²) in [6, 6.07) is 0. The Morgan fingerprint density at radius 1 is 1.37 bits per heavy atom. The highest BCUT2D eigenvalue weighted by atomic mass is 16.5. The maximum atomic E-state index is 11.7. The molecule has 1 atom stereocenters. The summed E-state index contributed by atoms with van der Waals surface area (Å²) in [5.74, 6) is 2.08. The van der Waals surface area contributed by atoms with Gasteiger partial charge in [0.25, 0.3) is 0 Å². The zero-order valence-electron chi connectivity index (χ0n) is 12.5. The van der Waals surface area contributed by atoms with E-state index in [2.05, 4.69) is 19.2 Å². The van der Waals surface area contributed by atoms with Gasteiger partial charge in [-0.05, 0) is 50.0 Å². The van der Waals surface area contributed by atoms with E-state index >= 15 is 0 Å². The van der Waals surface area contributed by atoms with E-state index in [0.29, 0.717) is 38.0 Å². The maximum absolute atomic E-state index is 11.7. The van der Waals surface area contributed by atoms with Gasteiger partial charge in [-0.1, -0.05) is 13.8 Å². The van der Waals surface area contributed by atoms with E-state index in [0.717, 1.165) is 25.4 Å². The highest BCUT2D eigenvalue weighted by Crippen LogP contribution is 2.28. The topological polar surface area (TPSA) is 64.4 Å². The summed E-state index contributed by atoms with van der Waals surface area (Å²) in [6.07, 6.45) is 5.17. The predicted octanol–water partition coefficient (Wildman–Crippen LogP) is 1.93. The average molecular weight is 270 g/mol. The van der Waals surface area contributed by atoms with Crippen LogP contribution >= 0.6 is 0 Å². The largest absolute Gasteiger partial charge is 0.379 e. The highest BCUT2D eigenvalue weighted by molar-refractivity contribution is 5.75. The van der Waals surface area contributed by atoms with Gasteiger partial charge in [0.05, 0.1) is 6.61 Å². The van der Waals surface area contributed by atoms with Crippen molar-refractivity contribution in [1.82, 2.24) is 5.32 Å². The first-order valence-electron chi connectivity index (χ1n) is 7.68. The van der Waals surface area contributed by atoms with Gasteiger partial charge >= 0.3 is 0 Å². The minimum Gasteiger partial charge on any atom is -0.379 e. The molecule has 4 heteroatoms. The van der Waals surface area contributed by atoms with Crippen molar-refractivity contribution >= 4 is 5.91 Å². The van der Waals surface area contributed by atoms with Crippen molar-refractivity contribution in [2.24, 2.45) is 23.5 Å². The minimum absolute atomic E-state index is 0.137. The number of ether oxygens (including phenoxy) is 1. The molecule has 0 saturated heterocycles. The van der Waals surface area contributed by atoms with Crippen molar-refractivity contribution in [2.75, 3.05) is 26.3 Å². The molecule has 1 saturated carbocycles. The van der Waals surface area contributed by atoms with Crippen LogP contribution in [-0.4, -0.2) is 32.2 Å². The molecule has 0 aromatic carbocycles. The molecule has 112 valence electrons. The van der Waals surface area contributed by atoms with Gasteiger partial charge in [-0.3, -0.25) is 4.79 Å². The zero-order chi connectivity index (χ0) is 14.1. The molecule has 0 aromatic heterocycles. The number of hydrogen-bond acceptors (Lipinski definition) is 3. The lowest BCUT2D eigenvalue weighted by Gasteiger charge is -2.19. The number of hydrogen-bond donors (Lipinski definition) is 2. The van der Waals surface area contributed by atoms with E-state index in [1.807, 2.05) is 0 Å². The number of carbonyl (C=O) groups excluding carboxylic acids is 1. The van der Waals surface area contributed by atoms with Gasteiger partial charge in [0.15, 0.2) is 0 Å². The number of nitrogens with one attached hydrogen (secondary N) is 1. The molecule has 1 fully saturated rings. The van der Waals surface area contributed by atoms with Gasteiger partial charge in [-0.15, -0.1) is 0 Å². The van der Waals surface area contributed by atoms with Crippen molar-refractivity contribution in [3.05, 3.63) is 0 Å². The normalized spacial score (nSPS) is 16.6. The van der Waals surface area contributed by atoms with E-state index in [4.69, 9.17) is 10.5 Å². The van der Waals surface area contributed by atoms with Crippen LogP contribution in [0.15, 0.2) is 0 Å². The Bertz CT molecular complexity index is 253. The Hall–Kier alpha value is -0.610. The molecule has 0 bridgehead atoms. The van der Waals surface area contributed by atoms with Gasteiger partial charge < -0.3 is 15.8 Å². The third-order valence-electron chi connectivity index (χ3n) is 3.84. The highest BCUT2D eigenvalue weighted by Gasteiger charge is 2.20. The van der Waals surface area contributed by atoms with Crippen LogP contribution < -0.4 is 11.1 Å². The first-order chi connectivity index (χ1) is 9.13. The van der Waals surface area contributed by atoms with E-state index < -0.39 is 0 Å². The smallest absolute Gasteiger partial charge is 0.220 e. The van der Waals surface area contributed by atoms with Crippen LogP contribution in [0.3, 0.4) is 0 Å². The zero-order valence-corrected chi connectivity index (χ0v) is 12.5. The van der Waals surface area contributed by atoms with Crippen LogP contribution in [0, 0.1) is 17.8 Å². The van der Waals surface area contributed by atoms with Crippen molar-refractivity contribution < 1.29 is 9.53 Å². The molecule has 19 heavy (non-hydrogen) atoms.